The predicted octanol–water partition coefficient (Wildman–Crippen LogP) is 1.70. The first kappa shape index (κ1) is 12.8. The Balaban J connectivity index is 2.04. The van der Waals surface area contributed by atoms with E-state index in [0.717, 1.165) is 25.1 Å². The van der Waals surface area contributed by atoms with Gasteiger partial charge in [0.1, 0.15) is 11.6 Å². The van der Waals surface area contributed by atoms with Crippen molar-refractivity contribution in [2.24, 2.45) is 0 Å². The molecule has 20 heavy (non-hydrogen) atoms. The molecule has 6 heteroatoms. The monoisotopic (exact) mass is 274 g/mol. The van der Waals surface area contributed by atoms with Crippen LogP contribution in [0.15, 0.2) is 24.3 Å². The third kappa shape index (κ3) is 2.07. The Labute approximate surface area is 115 Å². The topological polar surface area (TPSA) is 59.8 Å². The summed E-state index contributed by atoms with van der Waals surface area (Å²) in [5.41, 5.74) is 0.599. The molecule has 1 aromatic heterocycles. The van der Waals surface area contributed by atoms with Crippen LogP contribution in [0.5, 0.6) is 0 Å². The lowest BCUT2D eigenvalue weighted by Gasteiger charge is -2.24. The van der Waals surface area contributed by atoms with E-state index in [1.807, 2.05) is 6.07 Å². The standard InChI is InChI=1S/C14H15FN4O/c1-16-14(20)13-17-12-8-4-7-11(19(12)18-13)9-5-2-3-6-10(9)15/h2-3,5-6,11H,4,7-8H2,1H3,(H,16,20). The van der Waals surface area contributed by atoms with Gasteiger partial charge in [-0.05, 0) is 18.9 Å². The van der Waals surface area contributed by atoms with Crippen LogP contribution in [-0.4, -0.2) is 27.7 Å². The van der Waals surface area contributed by atoms with Crippen molar-refractivity contribution in [1.29, 1.82) is 0 Å². The number of aryl methyl sites for hydroxylation is 1. The van der Waals surface area contributed by atoms with Crippen LogP contribution in [0, 0.1) is 5.82 Å². The van der Waals surface area contributed by atoms with Crippen LogP contribution >= 0.6 is 0 Å². The first-order chi connectivity index (χ1) is 9.70. The van der Waals surface area contributed by atoms with E-state index in [-0.39, 0.29) is 23.6 Å². The molecule has 0 spiro atoms. The zero-order valence-electron chi connectivity index (χ0n) is 11.1. The van der Waals surface area contributed by atoms with Gasteiger partial charge in [0, 0.05) is 19.0 Å². The van der Waals surface area contributed by atoms with Gasteiger partial charge in [-0.3, -0.25) is 4.79 Å². The fourth-order valence-electron chi connectivity index (χ4n) is 2.59. The first-order valence-electron chi connectivity index (χ1n) is 6.62. The lowest BCUT2D eigenvalue weighted by atomic mass is 9.97. The maximum atomic E-state index is 14.0. The molecule has 1 aromatic carbocycles. The van der Waals surface area contributed by atoms with Crippen molar-refractivity contribution in [1.82, 2.24) is 20.1 Å². The fourth-order valence-corrected chi connectivity index (χ4v) is 2.59. The highest BCUT2D eigenvalue weighted by Crippen LogP contribution is 2.30. The third-order valence-electron chi connectivity index (χ3n) is 3.57. The number of benzene rings is 1. The average molecular weight is 274 g/mol. The number of aromatic nitrogens is 3. The van der Waals surface area contributed by atoms with Crippen molar-refractivity contribution in [3.8, 4) is 0 Å². The van der Waals surface area contributed by atoms with Crippen LogP contribution < -0.4 is 5.32 Å². The van der Waals surface area contributed by atoms with Gasteiger partial charge in [0.2, 0.25) is 5.82 Å². The number of halogens is 1. The van der Waals surface area contributed by atoms with E-state index < -0.39 is 0 Å². The van der Waals surface area contributed by atoms with Crippen molar-refractivity contribution in [3.63, 3.8) is 0 Å². The maximum Gasteiger partial charge on any atom is 0.290 e. The van der Waals surface area contributed by atoms with E-state index in [9.17, 15) is 9.18 Å². The Morgan fingerprint density at radius 2 is 2.25 bits per heavy atom. The van der Waals surface area contributed by atoms with E-state index in [0.29, 0.717) is 5.56 Å². The number of hydrogen-bond donors (Lipinski definition) is 1. The van der Waals surface area contributed by atoms with Gasteiger partial charge in [-0.2, -0.15) is 0 Å². The van der Waals surface area contributed by atoms with Crippen LogP contribution in [0.2, 0.25) is 0 Å². The molecule has 0 aliphatic carbocycles. The molecule has 0 radical (unpaired) electrons. The summed E-state index contributed by atoms with van der Waals surface area (Å²) in [4.78, 5) is 15.9. The average Bonchev–Trinajstić information content (AvgIpc) is 2.91. The summed E-state index contributed by atoms with van der Waals surface area (Å²) in [6.45, 7) is 0. The Bertz CT molecular complexity index is 652. The molecule has 1 unspecified atom stereocenters. The first-order valence-corrected chi connectivity index (χ1v) is 6.62. The van der Waals surface area contributed by atoms with E-state index >= 15 is 0 Å². The zero-order chi connectivity index (χ0) is 14.1. The van der Waals surface area contributed by atoms with Gasteiger partial charge in [-0.25, -0.2) is 14.1 Å². The van der Waals surface area contributed by atoms with Crippen LogP contribution in [0.4, 0.5) is 4.39 Å². The van der Waals surface area contributed by atoms with E-state index in [1.54, 1.807) is 16.8 Å². The van der Waals surface area contributed by atoms with Gasteiger partial charge in [0.05, 0.1) is 6.04 Å². The van der Waals surface area contributed by atoms with Gasteiger partial charge in [-0.1, -0.05) is 18.2 Å². The molecule has 1 aliphatic heterocycles. The Hall–Kier alpha value is -2.24. The normalized spacial score (nSPS) is 17.6. The number of hydrogen-bond acceptors (Lipinski definition) is 3. The van der Waals surface area contributed by atoms with Crippen LogP contribution in [0.3, 0.4) is 0 Å². The summed E-state index contributed by atoms with van der Waals surface area (Å²) >= 11 is 0. The van der Waals surface area contributed by atoms with Gasteiger partial charge in [0.15, 0.2) is 0 Å². The molecule has 5 nitrogen and oxygen atoms in total. The minimum atomic E-state index is -0.320. The fraction of sp³-hybridized carbons (Fsp3) is 0.357. The lowest BCUT2D eigenvalue weighted by molar-refractivity contribution is 0.0952. The van der Waals surface area contributed by atoms with Gasteiger partial charge < -0.3 is 5.32 Å². The number of carbonyl (C=O) groups is 1. The molecule has 1 N–H and O–H groups in total. The quantitative estimate of drug-likeness (QED) is 0.906. The molecule has 1 aliphatic rings. The lowest BCUT2D eigenvalue weighted by Crippen LogP contribution is -2.22. The molecule has 1 amide bonds. The van der Waals surface area contributed by atoms with Crippen molar-refractivity contribution in [2.45, 2.75) is 25.3 Å². The zero-order valence-corrected chi connectivity index (χ0v) is 11.1. The maximum absolute atomic E-state index is 14.0. The largest absolute Gasteiger partial charge is 0.352 e. The predicted molar refractivity (Wildman–Crippen MR) is 70.9 cm³/mol. The molecule has 2 aromatic rings. The van der Waals surface area contributed by atoms with Crippen molar-refractivity contribution in [2.75, 3.05) is 7.05 Å². The molecular formula is C14H15FN4O. The highest BCUT2D eigenvalue weighted by atomic mass is 19.1. The number of amides is 1. The molecule has 0 bridgehead atoms. The second-order valence-electron chi connectivity index (χ2n) is 4.80. The van der Waals surface area contributed by atoms with Gasteiger partial charge in [0.25, 0.3) is 5.91 Å². The molecule has 2 heterocycles. The number of nitrogens with one attached hydrogen (secondary N) is 1. The summed E-state index contributed by atoms with van der Waals surface area (Å²) in [5.74, 6) is 0.315. The van der Waals surface area contributed by atoms with E-state index in [2.05, 4.69) is 15.4 Å². The number of carbonyl (C=O) groups excluding carboxylic acids is 1. The van der Waals surface area contributed by atoms with Crippen molar-refractivity contribution < 1.29 is 9.18 Å². The summed E-state index contributed by atoms with van der Waals surface area (Å²) in [5, 5.41) is 6.75. The Morgan fingerprint density at radius 3 is 3.00 bits per heavy atom. The summed E-state index contributed by atoms with van der Waals surface area (Å²) in [6, 6.07) is 6.49. The molecular weight excluding hydrogens is 259 g/mol. The van der Waals surface area contributed by atoms with Crippen molar-refractivity contribution >= 4 is 5.91 Å². The second kappa shape index (κ2) is 5.03. The summed E-state index contributed by atoms with van der Waals surface area (Å²) in [6.07, 6.45) is 2.46. The van der Waals surface area contributed by atoms with Crippen molar-refractivity contribution in [3.05, 3.63) is 47.3 Å². The Kier molecular flexibility index (Phi) is 3.22. The highest BCUT2D eigenvalue weighted by molar-refractivity contribution is 5.90. The van der Waals surface area contributed by atoms with Gasteiger partial charge >= 0.3 is 0 Å². The smallest absolute Gasteiger partial charge is 0.290 e. The third-order valence-corrected chi connectivity index (χ3v) is 3.57. The molecule has 104 valence electrons. The van der Waals surface area contributed by atoms with Crippen LogP contribution in [0.1, 0.15) is 40.9 Å². The molecule has 0 saturated heterocycles. The number of fused-ring (bicyclic) bond motifs is 1. The minimum absolute atomic E-state index is 0.144. The molecule has 1 atom stereocenters. The van der Waals surface area contributed by atoms with Crippen LogP contribution in [0.25, 0.3) is 0 Å². The van der Waals surface area contributed by atoms with Gasteiger partial charge in [-0.15, -0.1) is 5.10 Å². The molecule has 3 rings (SSSR count). The van der Waals surface area contributed by atoms with E-state index in [4.69, 9.17) is 0 Å². The minimum Gasteiger partial charge on any atom is -0.352 e. The number of nitrogens with zero attached hydrogens (tertiary/aromatic N) is 3. The Morgan fingerprint density at radius 1 is 1.45 bits per heavy atom. The summed E-state index contributed by atoms with van der Waals surface area (Å²) in [7, 11) is 1.54. The molecule has 0 saturated carbocycles. The van der Waals surface area contributed by atoms with Crippen LogP contribution in [-0.2, 0) is 6.42 Å². The van der Waals surface area contributed by atoms with E-state index in [1.165, 1.54) is 13.1 Å². The second-order valence-corrected chi connectivity index (χ2v) is 4.80. The SMILES string of the molecule is CNC(=O)c1nc2n(n1)C(c1ccccc1F)CCC2. The number of rotatable bonds is 2. The molecule has 0 fully saturated rings. The summed E-state index contributed by atoms with van der Waals surface area (Å²) < 4.78 is 15.6. The highest BCUT2D eigenvalue weighted by Gasteiger charge is 2.27.